The first-order valence-electron chi connectivity index (χ1n) is 3.35. The number of pyridine rings is 1. The van der Waals surface area contributed by atoms with E-state index in [-0.39, 0.29) is 0 Å². The van der Waals surface area contributed by atoms with Gasteiger partial charge in [-0.05, 0) is 12.1 Å². The maximum absolute atomic E-state index is 3.94. The molecule has 0 spiro atoms. The molecule has 54 valence electrons. The first kappa shape index (κ1) is 7.61. The molecule has 2 heteroatoms. The summed E-state index contributed by atoms with van der Waals surface area (Å²) in [5.74, 6) is 0. The van der Waals surface area contributed by atoms with E-state index < -0.39 is 0 Å². The second kappa shape index (κ2) is 3.62. The third-order valence-corrected chi connectivity index (χ3v) is 2.04. The summed E-state index contributed by atoms with van der Waals surface area (Å²) < 4.78 is 0. The lowest BCUT2D eigenvalue weighted by molar-refractivity contribution is 1.11. The number of hydrogen-bond acceptors (Lipinski definition) is 2. The van der Waals surface area contributed by atoms with Crippen LogP contribution < -0.4 is 0 Å². The van der Waals surface area contributed by atoms with E-state index in [1.165, 1.54) is 4.90 Å². The predicted molar refractivity (Wildman–Crippen MR) is 45.2 cm³/mol. The molecular formula is C8H11NS. The molecular weight excluding hydrogens is 142 g/mol. The van der Waals surface area contributed by atoms with Gasteiger partial charge >= 0.3 is 0 Å². The van der Waals surface area contributed by atoms with Gasteiger partial charge in [-0.25, -0.2) is 0 Å². The van der Waals surface area contributed by atoms with Gasteiger partial charge in [-0.2, -0.15) is 0 Å². The molecule has 10 heavy (non-hydrogen) atoms. The summed E-state index contributed by atoms with van der Waals surface area (Å²) in [4.78, 5) is 5.24. The Morgan fingerprint density at radius 1 is 1.30 bits per heavy atom. The molecule has 0 aromatic carbocycles. The average Bonchev–Trinajstić information content (AvgIpc) is 1.88. The topological polar surface area (TPSA) is 12.9 Å². The Bertz CT molecular complexity index is 184. The van der Waals surface area contributed by atoms with Crippen molar-refractivity contribution in [2.45, 2.75) is 24.0 Å². The van der Waals surface area contributed by atoms with Gasteiger partial charge in [0.2, 0.25) is 0 Å². The van der Waals surface area contributed by atoms with E-state index in [0.29, 0.717) is 5.25 Å². The number of rotatable bonds is 2. The molecule has 1 aromatic heterocycles. The van der Waals surface area contributed by atoms with Crippen LogP contribution in [-0.2, 0) is 0 Å². The van der Waals surface area contributed by atoms with Crippen LogP contribution in [0.15, 0.2) is 29.4 Å². The van der Waals surface area contributed by atoms with Crippen LogP contribution in [0.5, 0.6) is 0 Å². The summed E-state index contributed by atoms with van der Waals surface area (Å²) >= 11 is 1.86. The Labute approximate surface area is 65.9 Å². The van der Waals surface area contributed by atoms with Crippen LogP contribution in [0.4, 0.5) is 0 Å². The fourth-order valence-corrected chi connectivity index (χ4v) is 1.51. The van der Waals surface area contributed by atoms with E-state index in [2.05, 4.69) is 18.8 Å². The third kappa shape index (κ3) is 2.40. The smallest absolute Gasteiger partial charge is 0.0278 e. The summed E-state index contributed by atoms with van der Waals surface area (Å²) in [6.07, 6.45) is 3.65. The lowest BCUT2D eigenvalue weighted by Crippen LogP contribution is -1.84. The third-order valence-electron chi connectivity index (χ3n) is 1.02. The summed E-state index contributed by atoms with van der Waals surface area (Å²) in [6.45, 7) is 4.37. The van der Waals surface area contributed by atoms with Crippen LogP contribution in [0.3, 0.4) is 0 Å². The molecule has 0 aliphatic rings. The van der Waals surface area contributed by atoms with Crippen molar-refractivity contribution in [1.29, 1.82) is 0 Å². The van der Waals surface area contributed by atoms with Crippen LogP contribution in [-0.4, -0.2) is 10.2 Å². The zero-order chi connectivity index (χ0) is 7.40. The van der Waals surface area contributed by atoms with Gasteiger partial charge in [-0.1, -0.05) is 13.8 Å². The van der Waals surface area contributed by atoms with E-state index >= 15 is 0 Å². The minimum Gasteiger partial charge on any atom is -0.265 e. The molecule has 0 N–H and O–H groups in total. The zero-order valence-electron chi connectivity index (χ0n) is 6.24. The summed E-state index contributed by atoms with van der Waals surface area (Å²) in [5, 5.41) is 0.655. The van der Waals surface area contributed by atoms with Crippen molar-refractivity contribution >= 4 is 11.8 Å². The minimum atomic E-state index is 0.655. The highest BCUT2D eigenvalue weighted by Crippen LogP contribution is 2.20. The standard InChI is InChI=1S/C8H11NS/c1-7(2)10-8-3-5-9-6-4-8/h3-7H,1-2H3. The van der Waals surface area contributed by atoms with Crippen molar-refractivity contribution in [3.8, 4) is 0 Å². The lowest BCUT2D eigenvalue weighted by atomic mass is 10.5. The Kier molecular flexibility index (Phi) is 2.75. The van der Waals surface area contributed by atoms with Crippen molar-refractivity contribution in [3.05, 3.63) is 24.5 Å². The highest BCUT2D eigenvalue weighted by atomic mass is 32.2. The van der Waals surface area contributed by atoms with Gasteiger partial charge in [-0.3, -0.25) is 4.98 Å². The molecule has 1 heterocycles. The van der Waals surface area contributed by atoms with E-state index in [1.54, 1.807) is 0 Å². The molecule has 0 saturated carbocycles. The lowest BCUT2D eigenvalue weighted by Gasteiger charge is -2.02. The molecule has 0 unspecified atom stereocenters. The monoisotopic (exact) mass is 153 g/mol. The molecule has 0 radical (unpaired) electrons. The molecule has 0 aliphatic carbocycles. The van der Waals surface area contributed by atoms with E-state index in [0.717, 1.165) is 0 Å². The number of hydrogen-bond donors (Lipinski definition) is 0. The van der Waals surface area contributed by atoms with Crippen molar-refractivity contribution in [2.75, 3.05) is 0 Å². The van der Waals surface area contributed by atoms with Gasteiger partial charge in [-0.15, -0.1) is 11.8 Å². The zero-order valence-corrected chi connectivity index (χ0v) is 7.06. The van der Waals surface area contributed by atoms with Crippen LogP contribution >= 0.6 is 11.8 Å². The van der Waals surface area contributed by atoms with Crippen molar-refractivity contribution in [1.82, 2.24) is 4.98 Å². The van der Waals surface area contributed by atoms with E-state index in [1.807, 2.05) is 36.3 Å². The fourth-order valence-electron chi connectivity index (χ4n) is 0.689. The second-order valence-electron chi connectivity index (χ2n) is 2.35. The van der Waals surface area contributed by atoms with Gasteiger partial charge in [0.1, 0.15) is 0 Å². The van der Waals surface area contributed by atoms with Gasteiger partial charge in [0, 0.05) is 22.5 Å². The number of thioether (sulfide) groups is 1. The van der Waals surface area contributed by atoms with Gasteiger partial charge < -0.3 is 0 Å². The van der Waals surface area contributed by atoms with Crippen molar-refractivity contribution in [3.63, 3.8) is 0 Å². The quantitative estimate of drug-likeness (QED) is 0.606. The number of nitrogens with zero attached hydrogens (tertiary/aromatic N) is 1. The summed E-state index contributed by atoms with van der Waals surface area (Å²) in [5.41, 5.74) is 0. The maximum atomic E-state index is 3.94. The molecule has 0 aliphatic heterocycles. The minimum absolute atomic E-state index is 0.655. The van der Waals surface area contributed by atoms with E-state index in [9.17, 15) is 0 Å². The van der Waals surface area contributed by atoms with Gasteiger partial charge in [0.25, 0.3) is 0 Å². The normalized spacial score (nSPS) is 10.3. The Hall–Kier alpha value is -0.500. The highest BCUT2D eigenvalue weighted by molar-refractivity contribution is 7.99. The molecule has 0 amide bonds. The largest absolute Gasteiger partial charge is 0.265 e. The molecule has 1 aromatic rings. The summed E-state index contributed by atoms with van der Waals surface area (Å²) in [7, 11) is 0. The molecule has 0 bridgehead atoms. The predicted octanol–water partition coefficient (Wildman–Crippen LogP) is 2.58. The Balaban J connectivity index is 2.59. The van der Waals surface area contributed by atoms with Crippen LogP contribution in [0, 0.1) is 0 Å². The average molecular weight is 153 g/mol. The second-order valence-corrected chi connectivity index (χ2v) is 4.00. The van der Waals surface area contributed by atoms with Crippen LogP contribution in [0.2, 0.25) is 0 Å². The highest BCUT2D eigenvalue weighted by Gasteiger charge is 1.94. The Morgan fingerprint density at radius 2 is 1.90 bits per heavy atom. The van der Waals surface area contributed by atoms with E-state index in [4.69, 9.17) is 0 Å². The SMILES string of the molecule is CC(C)Sc1ccncc1. The Morgan fingerprint density at radius 3 is 2.40 bits per heavy atom. The molecule has 0 atom stereocenters. The molecule has 1 nitrogen and oxygen atoms in total. The molecule has 0 saturated heterocycles. The molecule has 1 rings (SSSR count). The van der Waals surface area contributed by atoms with Crippen LogP contribution in [0.25, 0.3) is 0 Å². The molecule has 0 fully saturated rings. The van der Waals surface area contributed by atoms with Crippen molar-refractivity contribution in [2.24, 2.45) is 0 Å². The first-order chi connectivity index (χ1) is 4.79. The number of aromatic nitrogens is 1. The van der Waals surface area contributed by atoms with Gasteiger partial charge in [0.05, 0.1) is 0 Å². The van der Waals surface area contributed by atoms with Crippen molar-refractivity contribution < 1.29 is 0 Å². The maximum Gasteiger partial charge on any atom is 0.0278 e. The first-order valence-corrected chi connectivity index (χ1v) is 4.23. The summed E-state index contributed by atoms with van der Waals surface area (Å²) in [6, 6.07) is 4.06. The van der Waals surface area contributed by atoms with Gasteiger partial charge in [0.15, 0.2) is 0 Å². The fraction of sp³-hybridized carbons (Fsp3) is 0.375. The van der Waals surface area contributed by atoms with Crippen LogP contribution in [0.1, 0.15) is 13.8 Å².